The lowest BCUT2D eigenvalue weighted by molar-refractivity contribution is 0.0529. The molecule has 0 aliphatic rings. The van der Waals surface area contributed by atoms with Crippen LogP contribution in [0.2, 0.25) is 0 Å². The van der Waals surface area contributed by atoms with Crippen LogP contribution in [0.3, 0.4) is 0 Å². The summed E-state index contributed by atoms with van der Waals surface area (Å²) >= 11 is 0. The number of carbonyl (C=O) groups is 2. The van der Waals surface area contributed by atoms with Crippen LogP contribution >= 0.6 is 0 Å². The number of pyridine rings is 1. The van der Waals surface area contributed by atoms with E-state index in [2.05, 4.69) is 0 Å². The molecule has 0 unspecified atom stereocenters. The molecule has 0 fully saturated rings. The Morgan fingerprint density at radius 1 is 1.12 bits per heavy atom. The van der Waals surface area contributed by atoms with Crippen molar-refractivity contribution in [2.24, 2.45) is 0 Å². The molecule has 3 rings (SSSR count). The van der Waals surface area contributed by atoms with Crippen molar-refractivity contribution in [1.82, 2.24) is 4.40 Å². The molecule has 2 aromatic heterocycles. The Morgan fingerprint density at radius 3 is 2.50 bits per heavy atom. The molecular weight excluding hydrogens is 309 g/mol. The number of hydrogen-bond acceptors (Lipinski definition) is 3. The fourth-order valence-corrected chi connectivity index (χ4v) is 2.60. The molecule has 5 heteroatoms. The third kappa shape index (κ3) is 2.80. The number of aromatic nitrogens is 1. The highest BCUT2D eigenvalue weighted by Crippen LogP contribution is 2.22. The van der Waals surface area contributed by atoms with E-state index in [0.717, 1.165) is 5.56 Å². The van der Waals surface area contributed by atoms with Gasteiger partial charge in [0.1, 0.15) is 5.82 Å². The van der Waals surface area contributed by atoms with Crippen molar-refractivity contribution in [3.8, 4) is 0 Å². The number of carbonyl (C=O) groups excluding carboxylic acids is 2. The lowest BCUT2D eigenvalue weighted by Gasteiger charge is -2.04. The van der Waals surface area contributed by atoms with Gasteiger partial charge in [0.25, 0.3) is 0 Å². The molecule has 122 valence electrons. The Morgan fingerprint density at radius 2 is 1.83 bits per heavy atom. The van der Waals surface area contributed by atoms with Crippen LogP contribution in [0.1, 0.15) is 38.9 Å². The summed E-state index contributed by atoms with van der Waals surface area (Å²) in [5, 5.41) is 0. The van der Waals surface area contributed by atoms with Crippen LogP contribution in [-0.2, 0) is 4.74 Å². The van der Waals surface area contributed by atoms with Crippen LogP contribution in [0.15, 0.2) is 48.7 Å². The minimum atomic E-state index is -0.473. The van der Waals surface area contributed by atoms with Gasteiger partial charge in [-0.2, -0.15) is 0 Å². The predicted octanol–water partition coefficient (Wildman–Crippen LogP) is 3.79. The number of rotatable bonds is 4. The van der Waals surface area contributed by atoms with Crippen LogP contribution in [0.25, 0.3) is 5.52 Å². The zero-order valence-corrected chi connectivity index (χ0v) is 13.4. The molecule has 0 N–H and O–H groups in total. The van der Waals surface area contributed by atoms with Crippen LogP contribution in [-0.4, -0.2) is 22.8 Å². The van der Waals surface area contributed by atoms with Crippen LogP contribution in [0, 0.1) is 12.7 Å². The number of hydrogen-bond donors (Lipinski definition) is 0. The Bertz CT molecular complexity index is 926. The number of ether oxygens (including phenoxy) is 1. The topological polar surface area (TPSA) is 47.8 Å². The Hall–Kier alpha value is -2.95. The van der Waals surface area contributed by atoms with E-state index in [1.807, 2.05) is 19.1 Å². The molecule has 0 amide bonds. The number of ketones is 1. The molecule has 0 spiro atoms. The standard InChI is InChI=1S/C19H16FNO3/c1-3-24-19(23)15-11-17(21-9-8-12(2)10-16(15)21)18(22)13-4-6-14(20)7-5-13/h4-11H,3H2,1-2H3. The monoisotopic (exact) mass is 325 g/mol. The molecule has 0 saturated carbocycles. The lowest BCUT2D eigenvalue weighted by Crippen LogP contribution is -2.05. The summed E-state index contributed by atoms with van der Waals surface area (Å²) in [6.45, 7) is 3.89. The van der Waals surface area contributed by atoms with Crippen LogP contribution < -0.4 is 0 Å². The molecule has 2 heterocycles. The van der Waals surface area contributed by atoms with Crippen molar-refractivity contribution in [2.45, 2.75) is 13.8 Å². The molecule has 3 aromatic rings. The molecule has 0 bridgehead atoms. The maximum absolute atomic E-state index is 13.1. The van der Waals surface area contributed by atoms with Crippen molar-refractivity contribution < 1.29 is 18.7 Å². The summed E-state index contributed by atoms with van der Waals surface area (Å²) in [6, 6.07) is 10.5. The minimum absolute atomic E-state index is 0.253. The summed E-state index contributed by atoms with van der Waals surface area (Å²) in [5.74, 6) is -1.17. The van der Waals surface area contributed by atoms with Gasteiger partial charge in [0.2, 0.25) is 5.78 Å². The molecule has 4 nitrogen and oxygen atoms in total. The molecule has 0 saturated heterocycles. The Kier molecular flexibility index (Phi) is 4.16. The van der Waals surface area contributed by atoms with Gasteiger partial charge in [0.15, 0.2) is 0 Å². The Balaban J connectivity index is 2.15. The van der Waals surface area contributed by atoms with E-state index >= 15 is 0 Å². The zero-order valence-electron chi connectivity index (χ0n) is 13.4. The van der Waals surface area contributed by atoms with Crippen LogP contribution in [0.4, 0.5) is 4.39 Å². The Labute approximate surface area is 138 Å². The molecule has 24 heavy (non-hydrogen) atoms. The average molecular weight is 325 g/mol. The maximum Gasteiger partial charge on any atom is 0.340 e. The summed E-state index contributed by atoms with van der Waals surface area (Å²) in [5.41, 5.74) is 2.60. The molecule has 1 aromatic carbocycles. The zero-order chi connectivity index (χ0) is 17.3. The fraction of sp³-hybridized carbons (Fsp3) is 0.158. The second kappa shape index (κ2) is 6.28. The van der Waals surface area contributed by atoms with Crippen molar-refractivity contribution >= 4 is 17.3 Å². The van der Waals surface area contributed by atoms with E-state index < -0.39 is 11.8 Å². The normalized spacial score (nSPS) is 10.8. The van der Waals surface area contributed by atoms with Gasteiger partial charge in [-0.3, -0.25) is 4.79 Å². The highest BCUT2D eigenvalue weighted by molar-refractivity contribution is 6.11. The van der Waals surface area contributed by atoms with Crippen molar-refractivity contribution in [1.29, 1.82) is 0 Å². The lowest BCUT2D eigenvalue weighted by atomic mass is 10.1. The summed E-state index contributed by atoms with van der Waals surface area (Å²) in [6.07, 6.45) is 1.74. The number of halogens is 1. The fourth-order valence-electron chi connectivity index (χ4n) is 2.60. The van der Waals surface area contributed by atoms with E-state index in [9.17, 15) is 14.0 Å². The molecule has 0 aliphatic heterocycles. The number of fused-ring (bicyclic) bond motifs is 1. The van der Waals surface area contributed by atoms with Gasteiger partial charge in [-0.15, -0.1) is 0 Å². The number of nitrogens with zero attached hydrogens (tertiary/aromatic N) is 1. The van der Waals surface area contributed by atoms with Gasteiger partial charge in [0.05, 0.1) is 23.4 Å². The van der Waals surface area contributed by atoms with E-state index in [4.69, 9.17) is 4.74 Å². The van der Waals surface area contributed by atoms with Gasteiger partial charge in [-0.05, 0) is 61.9 Å². The second-order valence-corrected chi connectivity index (χ2v) is 5.46. The maximum atomic E-state index is 13.1. The average Bonchev–Trinajstić information content (AvgIpc) is 2.94. The predicted molar refractivity (Wildman–Crippen MR) is 87.9 cm³/mol. The highest BCUT2D eigenvalue weighted by Gasteiger charge is 2.21. The third-order valence-electron chi connectivity index (χ3n) is 3.76. The molecule has 0 aliphatic carbocycles. The van der Waals surface area contributed by atoms with Gasteiger partial charge in [-0.25, -0.2) is 9.18 Å². The number of benzene rings is 1. The number of aryl methyl sites for hydroxylation is 1. The van der Waals surface area contributed by atoms with Crippen molar-refractivity contribution in [3.05, 3.63) is 76.9 Å². The first-order valence-electron chi connectivity index (χ1n) is 7.60. The summed E-state index contributed by atoms with van der Waals surface area (Å²) < 4.78 is 19.8. The first kappa shape index (κ1) is 15.9. The van der Waals surface area contributed by atoms with Crippen LogP contribution in [0.5, 0.6) is 0 Å². The quantitative estimate of drug-likeness (QED) is 0.541. The minimum Gasteiger partial charge on any atom is -0.462 e. The van der Waals surface area contributed by atoms with Gasteiger partial charge >= 0.3 is 5.97 Å². The third-order valence-corrected chi connectivity index (χ3v) is 3.76. The second-order valence-electron chi connectivity index (χ2n) is 5.46. The van der Waals surface area contributed by atoms with E-state index in [1.165, 1.54) is 30.3 Å². The van der Waals surface area contributed by atoms with Gasteiger partial charge in [0, 0.05) is 11.8 Å². The molecular formula is C19H16FNO3. The summed E-state index contributed by atoms with van der Waals surface area (Å²) in [7, 11) is 0. The SMILES string of the molecule is CCOC(=O)c1cc(C(=O)c2ccc(F)cc2)n2ccc(C)cc12. The van der Waals surface area contributed by atoms with E-state index in [0.29, 0.717) is 22.3 Å². The molecule has 0 atom stereocenters. The highest BCUT2D eigenvalue weighted by atomic mass is 19.1. The largest absolute Gasteiger partial charge is 0.462 e. The molecule has 0 radical (unpaired) electrons. The van der Waals surface area contributed by atoms with Gasteiger partial charge in [-0.1, -0.05) is 0 Å². The van der Waals surface area contributed by atoms with E-state index in [1.54, 1.807) is 17.5 Å². The van der Waals surface area contributed by atoms with Crippen molar-refractivity contribution in [2.75, 3.05) is 6.61 Å². The smallest absolute Gasteiger partial charge is 0.340 e. The van der Waals surface area contributed by atoms with E-state index in [-0.39, 0.29) is 12.4 Å². The number of esters is 1. The van der Waals surface area contributed by atoms with Gasteiger partial charge < -0.3 is 9.14 Å². The first-order valence-corrected chi connectivity index (χ1v) is 7.60. The first-order chi connectivity index (χ1) is 11.5. The summed E-state index contributed by atoms with van der Waals surface area (Å²) in [4.78, 5) is 24.9. The van der Waals surface area contributed by atoms with Crippen molar-refractivity contribution in [3.63, 3.8) is 0 Å².